The molecule has 1 heterocycles. The Kier molecular flexibility index (Phi) is 5.74. The number of hydrogen-bond acceptors (Lipinski definition) is 2. The summed E-state index contributed by atoms with van der Waals surface area (Å²) in [6.07, 6.45) is 6.12. The molecule has 17 heavy (non-hydrogen) atoms. The second kappa shape index (κ2) is 6.60. The monoisotopic (exact) mass is 260 g/mol. The third kappa shape index (κ3) is 3.35. The summed E-state index contributed by atoms with van der Waals surface area (Å²) in [6.45, 7) is 4.18. The van der Waals surface area contributed by atoms with E-state index in [0.29, 0.717) is 17.9 Å². The van der Waals surface area contributed by atoms with Gasteiger partial charge in [0.05, 0.1) is 5.92 Å². The topological polar surface area (TPSA) is 32.3 Å². The number of hydrogen-bond donors (Lipinski definition) is 1. The molecule has 0 aromatic rings. The summed E-state index contributed by atoms with van der Waals surface area (Å²) >= 11 is 0. The summed E-state index contributed by atoms with van der Waals surface area (Å²) in [5.74, 6) is 1.28. The number of nitrogens with zero attached hydrogens (tertiary/aromatic N) is 1. The third-order valence-corrected chi connectivity index (χ3v) is 4.32. The average molecular weight is 261 g/mol. The van der Waals surface area contributed by atoms with Crippen LogP contribution < -0.4 is 5.32 Å². The Labute approximate surface area is 111 Å². The lowest BCUT2D eigenvalue weighted by Gasteiger charge is -2.37. The predicted octanol–water partition coefficient (Wildman–Crippen LogP) is 2.05. The second-order valence-electron chi connectivity index (χ2n) is 5.47. The fourth-order valence-electron chi connectivity index (χ4n) is 3.19. The van der Waals surface area contributed by atoms with Crippen LogP contribution in [0.4, 0.5) is 0 Å². The zero-order valence-corrected chi connectivity index (χ0v) is 11.8. The van der Waals surface area contributed by atoms with Crippen molar-refractivity contribution >= 4 is 18.3 Å². The molecule has 1 amide bonds. The smallest absolute Gasteiger partial charge is 0.227 e. The Bertz CT molecular complexity index is 254. The van der Waals surface area contributed by atoms with Gasteiger partial charge in [0, 0.05) is 19.6 Å². The van der Waals surface area contributed by atoms with Gasteiger partial charge in [-0.15, -0.1) is 12.4 Å². The van der Waals surface area contributed by atoms with Crippen molar-refractivity contribution in [2.24, 2.45) is 11.8 Å². The molecule has 0 radical (unpaired) electrons. The lowest BCUT2D eigenvalue weighted by molar-refractivity contribution is -0.137. The highest BCUT2D eigenvalue weighted by Gasteiger charge is 2.32. The minimum atomic E-state index is 0. The zero-order chi connectivity index (χ0) is 11.5. The zero-order valence-electron chi connectivity index (χ0n) is 10.9. The van der Waals surface area contributed by atoms with E-state index in [9.17, 15) is 4.79 Å². The van der Waals surface area contributed by atoms with Crippen LogP contribution in [0.15, 0.2) is 0 Å². The Morgan fingerprint density at radius 2 is 1.94 bits per heavy atom. The molecule has 2 rings (SSSR count). The van der Waals surface area contributed by atoms with Gasteiger partial charge in [-0.05, 0) is 31.7 Å². The first-order chi connectivity index (χ1) is 7.70. The van der Waals surface area contributed by atoms with Crippen LogP contribution in [0.5, 0.6) is 0 Å². The number of nitrogens with one attached hydrogen (secondary N) is 1. The van der Waals surface area contributed by atoms with Gasteiger partial charge >= 0.3 is 0 Å². The summed E-state index contributed by atoms with van der Waals surface area (Å²) in [4.78, 5) is 14.3. The van der Waals surface area contributed by atoms with Gasteiger partial charge in [-0.3, -0.25) is 4.79 Å². The van der Waals surface area contributed by atoms with Crippen LogP contribution in [0.3, 0.4) is 0 Å². The maximum absolute atomic E-state index is 12.3. The summed E-state index contributed by atoms with van der Waals surface area (Å²) in [7, 11) is 2.01. The molecule has 1 saturated carbocycles. The fourth-order valence-corrected chi connectivity index (χ4v) is 3.19. The molecule has 1 N–H and O–H groups in total. The van der Waals surface area contributed by atoms with Crippen molar-refractivity contribution in [2.45, 2.75) is 45.1 Å². The molecule has 3 nitrogen and oxygen atoms in total. The lowest BCUT2D eigenvalue weighted by atomic mass is 9.84. The summed E-state index contributed by atoms with van der Waals surface area (Å²) < 4.78 is 0. The number of carbonyl (C=O) groups is 1. The van der Waals surface area contributed by atoms with Crippen LogP contribution >= 0.6 is 12.4 Å². The van der Waals surface area contributed by atoms with Crippen molar-refractivity contribution in [2.75, 3.05) is 20.1 Å². The van der Waals surface area contributed by atoms with Crippen molar-refractivity contribution in [1.82, 2.24) is 10.2 Å². The van der Waals surface area contributed by atoms with Crippen molar-refractivity contribution in [3.05, 3.63) is 0 Å². The van der Waals surface area contributed by atoms with Crippen LogP contribution in [0, 0.1) is 11.8 Å². The maximum Gasteiger partial charge on any atom is 0.227 e. The van der Waals surface area contributed by atoms with Gasteiger partial charge in [0.2, 0.25) is 5.91 Å². The molecule has 1 saturated heterocycles. The SMILES string of the molecule is CC1CCCCC1N(C)C(=O)C1CCNC1.Cl. The molecule has 1 aliphatic heterocycles. The Morgan fingerprint density at radius 3 is 2.53 bits per heavy atom. The van der Waals surface area contributed by atoms with E-state index in [-0.39, 0.29) is 18.3 Å². The van der Waals surface area contributed by atoms with Crippen molar-refractivity contribution < 1.29 is 4.79 Å². The largest absolute Gasteiger partial charge is 0.342 e. The van der Waals surface area contributed by atoms with E-state index in [1.54, 1.807) is 0 Å². The molecule has 3 unspecified atom stereocenters. The highest BCUT2D eigenvalue weighted by atomic mass is 35.5. The second-order valence-corrected chi connectivity index (χ2v) is 5.47. The minimum absolute atomic E-state index is 0. The summed E-state index contributed by atoms with van der Waals surface area (Å²) in [6, 6.07) is 0.488. The van der Waals surface area contributed by atoms with Gasteiger partial charge in [-0.25, -0.2) is 0 Å². The van der Waals surface area contributed by atoms with E-state index < -0.39 is 0 Å². The van der Waals surface area contributed by atoms with Crippen molar-refractivity contribution in [3.63, 3.8) is 0 Å². The average Bonchev–Trinajstić information content (AvgIpc) is 2.81. The molecule has 0 bridgehead atoms. The number of amides is 1. The molecule has 0 spiro atoms. The first kappa shape index (κ1) is 14.8. The van der Waals surface area contributed by atoms with Gasteiger partial charge in [-0.1, -0.05) is 19.8 Å². The molecule has 2 aliphatic rings. The first-order valence-electron chi connectivity index (χ1n) is 6.67. The first-order valence-corrected chi connectivity index (χ1v) is 6.67. The molecule has 0 aromatic carbocycles. The predicted molar refractivity (Wildman–Crippen MR) is 72.4 cm³/mol. The van der Waals surface area contributed by atoms with E-state index in [0.717, 1.165) is 19.5 Å². The quantitative estimate of drug-likeness (QED) is 0.824. The van der Waals surface area contributed by atoms with E-state index in [1.807, 2.05) is 11.9 Å². The van der Waals surface area contributed by atoms with Crippen molar-refractivity contribution in [3.8, 4) is 0 Å². The molecule has 2 fully saturated rings. The number of carbonyl (C=O) groups excluding carboxylic acids is 1. The highest BCUT2D eigenvalue weighted by Crippen LogP contribution is 2.28. The van der Waals surface area contributed by atoms with Crippen LogP contribution in [0.25, 0.3) is 0 Å². The van der Waals surface area contributed by atoms with E-state index >= 15 is 0 Å². The molecule has 0 aromatic heterocycles. The fraction of sp³-hybridized carbons (Fsp3) is 0.923. The molecular weight excluding hydrogens is 236 g/mol. The summed E-state index contributed by atoms with van der Waals surface area (Å²) in [5.41, 5.74) is 0. The Hall–Kier alpha value is -0.280. The van der Waals surface area contributed by atoms with Gasteiger partial charge in [-0.2, -0.15) is 0 Å². The maximum atomic E-state index is 12.3. The Morgan fingerprint density at radius 1 is 1.24 bits per heavy atom. The minimum Gasteiger partial charge on any atom is -0.342 e. The van der Waals surface area contributed by atoms with Crippen LogP contribution in [0.2, 0.25) is 0 Å². The van der Waals surface area contributed by atoms with Crippen LogP contribution in [-0.4, -0.2) is 37.0 Å². The molecule has 3 atom stereocenters. The van der Waals surface area contributed by atoms with Gasteiger partial charge in [0.25, 0.3) is 0 Å². The molecule has 4 heteroatoms. The standard InChI is InChI=1S/C13H24N2O.ClH/c1-10-5-3-4-6-12(10)15(2)13(16)11-7-8-14-9-11;/h10-12,14H,3-9H2,1-2H3;1H. The van der Waals surface area contributed by atoms with E-state index in [4.69, 9.17) is 0 Å². The van der Waals surface area contributed by atoms with Crippen molar-refractivity contribution in [1.29, 1.82) is 0 Å². The van der Waals surface area contributed by atoms with E-state index in [2.05, 4.69) is 12.2 Å². The summed E-state index contributed by atoms with van der Waals surface area (Å²) in [5, 5.41) is 3.27. The van der Waals surface area contributed by atoms with Crippen LogP contribution in [0.1, 0.15) is 39.0 Å². The van der Waals surface area contributed by atoms with E-state index in [1.165, 1.54) is 25.7 Å². The van der Waals surface area contributed by atoms with Gasteiger partial charge < -0.3 is 10.2 Å². The normalized spacial score (nSPS) is 32.9. The third-order valence-electron chi connectivity index (χ3n) is 4.32. The Balaban J connectivity index is 0.00000144. The molecular formula is C13H25ClN2O. The van der Waals surface area contributed by atoms with Gasteiger partial charge in [0.1, 0.15) is 0 Å². The van der Waals surface area contributed by atoms with Crippen LogP contribution in [-0.2, 0) is 4.79 Å². The number of halogens is 1. The van der Waals surface area contributed by atoms with Gasteiger partial charge in [0.15, 0.2) is 0 Å². The molecule has 1 aliphatic carbocycles. The lowest BCUT2D eigenvalue weighted by Crippen LogP contribution is -2.45. The molecule has 100 valence electrons. The highest BCUT2D eigenvalue weighted by molar-refractivity contribution is 5.85. The number of rotatable bonds is 2.